The van der Waals surface area contributed by atoms with Gasteiger partial charge in [0.15, 0.2) is 0 Å². The lowest BCUT2D eigenvalue weighted by Gasteiger charge is -2.08. The quantitative estimate of drug-likeness (QED) is 0.568. The number of nitrogens with zero attached hydrogens (tertiary/aromatic N) is 5. The minimum absolute atomic E-state index is 0.513. The van der Waals surface area contributed by atoms with Gasteiger partial charge in [-0.3, -0.25) is 0 Å². The van der Waals surface area contributed by atoms with E-state index in [1.807, 2.05) is 41.4 Å². The van der Waals surface area contributed by atoms with Gasteiger partial charge < -0.3 is 14.6 Å². The number of anilines is 2. The first-order valence-corrected chi connectivity index (χ1v) is 8.45. The topological polar surface area (TPSA) is 77.8 Å². The summed E-state index contributed by atoms with van der Waals surface area (Å²) in [6.45, 7) is 0.765. The second-order valence-corrected chi connectivity index (χ2v) is 5.92. The van der Waals surface area contributed by atoms with Crippen molar-refractivity contribution in [1.29, 1.82) is 0 Å². The molecule has 3 heterocycles. The molecule has 0 aliphatic rings. The van der Waals surface area contributed by atoms with E-state index in [0.29, 0.717) is 11.8 Å². The summed E-state index contributed by atoms with van der Waals surface area (Å²) in [6.07, 6.45) is 8.95. The summed E-state index contributed by atoms with van der Waals surface area (Å²) in [5, 5.41) is 3.16. The Morgan fingerprint density at radius 3 is 2.81 bits per heavy atom. The molecular weight excluding hydrogens is 340 g/mol. The number of rotatable bonds is 6. The second-order valence-electron chi connectivity index (χ2n) is 5.92. The summed E-state index contributed by atoms with van der Waals surface area (Å²) in [5.74, 6) is 1.07. The molecular formula is C20H18N6O. The molecule has 0 saturated heterocycles. The average molecular weight is 358 g/mol. The van der Waals surface area contributed by atoms with Crippen molar-refractivity contribution in [3.8, 4) is 17.1 Å². The molecule has 0 radical (unpaired) electrons. The Morgan fingerprint density at radius 1 is 1.07 bits per heavy atom. The van der Waals surface area contributed by atoms with Crippen LogP contribution >= 0.6 is 0 Å². The van der Waals surface area contributed by atoms with E-state index in [4.69, 9.17) is 4.74 Å². The molecule has 4 rings (SSSR count). The minimum atomic E-state index is 0.513. The van der Waals surface area contributed by atoms with Crippen molar-refractivity contribution in [2.45, 2.75) is 6.54 Å². The Labute approximate surface area is 156 Å². The molecule has 7 heteroatoms. The number of hydrogen-bond acceptors (Lipinski definition) is 6. The lowest BCUT2D eigenvalue weighted by Crippen LogP contribution is -1.99. The van der Waals surface area contributed by atoms with Crippen LogP contribution in [0.3, 0.4) is 0 Å². The summed E-state index contributed by atoms with van der Waals surface area (Å²) in [4.78, 5) is 17.2. The van der Waals surface area contributed by atoms with Crippen LogP contribution in [-0.4, -0.2) is 31.6 Å². The summed E-state index contributed by atoms with van der Waals surface area (Å²) in [7, 11) is 1.59. The van der Waals surface area contributed by atoms with Crippen molar-refractivity contribution in [2.75, 3.05) is 12.4 Å². The number of hydrogen-bond donors (Lipinski definition) is 1. The third-order valence-electron chi connectivity index (χ3n) is 4.00. The Morgan fingerprint density at radius 2 is 2.04 bits per heavy atom. The average Bonchev–Trinajstić information content (AvgIpc) is 3.22. The fourth-order valence-electron chi connectivity index (χ4n) is 2.70. The van der Waals surface area contributed by atoms with Crippen LogP contribution in [0.25, 0.3) is 11.3 Å². The first kappa shape index (κ1) is 16.7. The molecule has 7 nitrogen and oxygen atoms in total. The van der Waals surface area contributed by atoms with Gasteiger partial charge in [0.2, 0.25) is 11.8 Å². The monoisotopic (exact) mass is 358 g/mol. The summed E-state index contributed by atoms with van der Waals surface area (Å²) in [6, 6.07) is 13.8. The molecule has 0 fully saturated rings. The predicted octanol–water partition coefficient (Wildman–Crippen LogP) is 3.54. The number of pyridine rings is 1. The van der Waals surface area contributed by atoms with E-state index in [9.17, 15) is 0 Å². The van der Waals surface area contributed by atoms with E-state index in [1.54, 1.807) is 31.8 Å². The van der Waals surface area contributed by atoms with Crippen LogP contribution in [0.1, 0.15) is 5.56 Å². The van der Waals surface area contributed by atoms with E-state index in [2.05, 4.69) is 37.4 Å². The number of imidazole rings is 1. The van der Waals surface area contributed by atoms with Crippen LogP contribution in [0.2, 0.25) is 0 Å². The van der Waals surface area contributed by atoms with Gasteiger partial charge in [0.1, 0.15) is 0 Å². The summed E-state index contributed by atoms with van der Waals surface area (Å²) < 4.78 is 7.10. The van der Waals surface area contributed by atoms with Gasteiger partial charge in [-0.1, -0.05) is 18.2 Å². The van der Waals surface area contributed by atoms with Crippen molar-refractivity contribution in [3.05, 3.63) is 79.1 Å². The number of aromatic nitrogens is 5. The molecule has 27 heavy (non-hydrogen) atoms. The maximum absolute atomic E-state index is 5.07. The molecule has 0 aliphatic carbocycles. The van der Waals surface area contributed by atoms with Gasteiger partial charge >= 0.3 is 0 Å². The highest BCUT2D eigenvalue weighted by atomic mass is 16.5. The van der Waals surface area contributed by atoms with Gasteiger partial charge in [-0.05, 0) is 23.8 Å². The molecule has 1 aromatic carbocycles. The molecule has 3 aromatic heterocycles. The Hall–Kier alpha value is -3.74. The first-order valence-electron chi connectivity index (χ1n) is 8.45. The van der Waals surface area contributed by atoms with Gasteiger partial charge in [0.05, 0.1) is 31.0 Å². The molecule has 0 aliphatic heterocycles. The molecule has 0 amide bonds. The lowest BCUT2D eigenvalue weighted by molar-refractivity contribution is 0.398. The molecule has 0 spiro atoms. The van der Waals surface area contributed by atoms with Crippen LogP contribution in [0.4, 0.5) is 11.6 Å². The molecule has 0 unspecified atom stereocenters. The smallest absolute Gasteiger partial charge is 0.227 e. The fraction of sp³-hybridized carbons (Fsp3) is 0.100. The molecule has 0 atom stereocenters. The highest BCUT2D eigenvalue weighted by molar-refractivity contribution is 5.62. The van der Waals surface area contributed by atoms with Gasteiger partial charge in [0.25, 0.3) is 0 Å². The number of ether oxygens (including phenoxy) is 1. The zero-order chi connectivity index (χ0) is 18.5. The van der Waals surface area contributed by atoms with Crippen LogP contribution in [0.15, 0.2) is 73.6 Å². The molecule has 4 aromatic rings. The SMILES string of the molecule is COc1ccc(Nc2nccc(-c3cccc(Cn4ccnc4)c3)n2)cn1. The third kappa shape index (κ3) is 4.09. The maximum atomic E-state index is 5.07. The zero-order valence-corrected chi connectivity index (χ0v) is 14.8. The van der Waals surface area contributed by atoms with Crippen LogP contribution in [0.5, 0.6) is 5.88 Å². The van der Waals surface area contributed by atoms with Crippen molar-refractivity contribution < 1.29 is 4.74 Å². The molecule has 134 valence electrons. The van der Waals surface area contributed by atoms with Gasteiger partial charge in [0, 0.05) is 36.8 Å². The maximum Gasteiger partial charge on any atom is 0.227 e. The molecule has 0 bridgehead atoms. The van der Waals surface area contributed by atoms with E-state index in [0.717, 1.165) is 23.5 Å². The van der Waals surface area contributed by atoms with Gasteiger partial charge in [-0.25, -0.2) is 19.9 Å². The second kappa shape index (κ2) is 7.65. The zero-order valence-electron chi connectivity index (χ0n) is 14.8. The number of nitrogens with one attached hydrogen (secondary N) is 1. The fourth-order valence-corrected chi connectivity index (χ4v) is 2.70. The summed E-state index contributed by atoms with van der Waals surface area (Å²) in [5.41, 5.74) is 3.85. The lowest BCUT2D eigenvalue weighted by atomic mass is 10.1. The predicted molar refractivity (Wildman–Crippen MR) is 103 cm³/mol. The van der Waals surface area contributed by atoms with E-state index >= 15 is 0 Å². The minimum Gasteiger partial charge on any atom is -0.481 e. The van der Waals surface area contributed by atoms with Crippen molar-refractivity contribution in [2.24, 2.45) is 0 Å². The van der Waals surface area contributed by atoms with Gasteiger partial charge in [-0.2, -0.15) is 0 Å². The Kier molecular flexibility index (Phi) is 4.74. The highest BCUT2D eigenvalue weighted by Crippen LogP contribution is 2.21. The standard InChI is InChI=1S/C20H18N6O/c1-27-19-6-5-17(12-23-19)24-20-22-8-7-18(25-20)16-4-2-3-15(11-16)13-26-10-9-21-14-26/h2-12,14H,13H2,1H3,(H,22,24,25). The first-order chi connectivity index (χ1) is 13.3. The number of benzene rings is 1. The van der Waals surface area contributed by atoms with Crippen molar-refractivity contribution >= 4 is 11.6 Å². The van der Waals surface area contributed by atoms with Crippen LogP contribution in [-0.2, 0) is 6.54 Å². The number of methoxy groups -OCH3 is 1. The Bertz CT molecular complexity index is 1010. The van der Waals surface area contributed by atoms with Crippen molar-refractivity contribution in [3.63, 3.8) is 0 Å². The normalized spacial score (nSPS) is 10.6. The van der Waals surface area contributed by atoms with Crippen LogP contribution < -0.4 is 10.1 Å². The van der Waals surface area contributed by atoms with E-state index < -0.39 is 0 Å². The Balaban J connectivity index is 1.54. The molecule has 0 saturated carbocycles. The van der Waals surface area contributed by atoms with Crippen LogP contribution in [0, 0.1) is 0 Å². The van der Waals surface area contributed by atoms with Crippen molar-refractivity contribution in [1.82, 2.24) is 24.5 Å². The van der Waals surface area contributed by atoms with Gasteiger partial charge in [-0.15, -0.1) is 0 Å². The van der Waals surface area contributed by atoms with E-state index in [1.165, 1.54) is 5.56 Å². The van der Waals surface area contributed by atoms with E-state index in [-0.39, 0.29) is 0 Å². The highest BCUT2D eigenvalue weighted by Gasteiger charge is 2.05. The molecule has 1 N–H and O–H groups in total. The summed E-state index contributed by atoms with van der Waals surface area (Å²) >= 11 is 0. The third-order valence-corrected chi connectivity index (χ3v) is 4.00. The largest absolute Gasteiger partial charge is 0.481 e.